The summed E-state index contributed by atoms with van der Waals surface area (Å²) >= 11 is 1.28. The zero-order chi connectivity index (χ0) is 13.4. The molecular formula is C13H17N3OS. The second kappa shape index (κ2) is 4.57. The van der Waals surface area contributed by atoms with Crippen molar-refractivity contribution in [2.24, 2.45) is 11.7 Å². The van der Waals surface area contributed by atoms with Crippen LogP contribution in [0.25, 0.3) is 10.2 Å². The summed E-state index contributed by atoms with van der Waals surface area (Å²) in [4.78, 5) is 17.1. The predicted octanol–water partition coefficient (Wildman–Crippen LogP) is 2.48. The molecule has 5 heteroatoms. The number of primary amides is 1. The van der Waals surface area contributed by atoms with E-state index in [1.54, 1.807) is 0 Å². The highest BCUT2D eigenvalue weighted by Gasteiger charge is 2.17. The fraction of sp³-hybridized carbons (Fsp3) is 0.385. The van der Waals surface area contributed by atoms with Gasteiger partial charge in [-0.15, -0.1) is 11.3 Å². The Morgan fingerprint density at radius 2 is 2.17 bits per heavy atom. The number of thiophene rings is 1. The van der Waals surface area contributed by atoms with Crippen LogP contribution in [0.15, 0.2) is 6.07 Å². The van der Waals surface area contributed by atoms with Gasteiger partial charge in [0.25, 0.3) is 5.91 Å². The van der Waals surface area contributed by atoms with Crippen molar-refractivity contribution >= 4 is 33.1 Å². The van der Waals surface area contributed by atoms with E-state index in [0.717, 1.165) is 27.9 Å². The number of carbonyl (C=O) groups excluding carboxylic acids is 1. The zero-order valence-corrected chi connectivity index (χ0v) is 11.6. The van der Waals surface area contributed by atoms with Crippen LogP contribution in [-0.2, 0) is 6.42 Å². The van der Waals surface area contributed by atoms with Crippen molar-refractivity contribution in [3.8, 4) is 0 Å². The maximum absolute atomic E-state index is 11.3. The van der Waals surface area contributed by atoms with Crippen LogP contribution in [0, 0.1) is 12.8 Å². The van der Waals surface area contributed by atoms with Crippen LogP contribution in [-0.4, -0.2) is 10.9 Å². The number of carbonyl (C=O) groups is 1. The van der Waals surface area contributed by atoms with Gasteiger partial charge < -0.3 is 11.5 Å². The Morgan fingerprint density at radius 3 is 2.72 bits per heavy atom. The van der Waals surface area contributed by atoms with Gasteiger partial charge in [-0.2, -0.15) is 0 Å². The van der Waals surface area contributed by atoms with E-state index in [1.165, 1.54) is 11.3 Å². The highest BCUT2D eigenvalue weighted by Crippen LogP contribution is 2.34. The van der Waals surface area contributed by atoms with Crippen molar-refractivity contribution in [3.05, 3.63) is 22.2 Å². The third-order valence-corrected chi connectivity index (χ3v) is 3.90. The van der Waals surface area contributed by atoms with E-state index in [0.29, 0.717) is 16.5 Å². The summed E-state index contributed by atoms with van der Waals surface area (Å²) in [6, 6.07) is 2.04. The molecule has 0 radical (unpaired) electrons. The fourth-order valence-corrected chi connectivity index (χ4v) is 3.12. The van der Waals surface area contributed by atoms with Crippen molar-refractivity contribution in [1.29, 1.82) is 0 Å². The lowest BCUT2D eigenvalue weighted by Gasteiger charge is -2.06. The standard InChI is InChI=1S/C13H17N3OS/c1-6(2)4-8-5-7(3)9-10(14)11(12(15)17)18-13(9)16-8/h5-6H,4,14H2,1-3H3,(H2,15,17). The third kappa shape index (κ3) is 2.18. The summed E-state index contributed by atoms with van der Waals surface area (Å²) in [6.07, 6.45) is 0.917. The van der Waals surface area contributed by atoms with E-state index in [9.17, 15) is 4.79 Å². The van der Waals surface area contributed by atoms with Crippen LogP contribution in [0.1, 0.15) is 34.8 Å². The van der Waals surface area contributed by atoms with Crippen LogP contribution < -0.4 is 11.5 Å². The summed E-state index contributed by atoms with van der Waals surface area (Å²) in [5, 5.41) is 0.862. The van der Waals surface area contributed by atoms with Crippen molar-refractivity contribution in [2.45, 2.75) is 27.2 Å². The quantitative estimate of drug-likeness (QED) is 0.892. The SMILES string of the molecule is Cc1cc(CC(C)C)nc2sc(C(N)=O)c(N)c12. The minimum absolute atomic E-state index is 0.405. The summed E-state index contributed by atoms with van der Waals surface area (Å²) in [5.74, 6) is 0.0579. The summed E-state index contributed by atoms with van der Waals surface area (Å²) in [5.41, 5.74) is 13.8. The average molecular weight is 263 g/mol. The molecule has 0 fully saturated rings. The number of aryl methyl sites for hydroxylation is 1. The van der Waals surface area contributed by atoms with Gasteiger partial charge in [-0.1, -0.05) is 13.8 Å². The van der Waals surface area contributed by atoms with Gasteiger partial charge in [0.15, 0.2) is 0 Å². The minimum atomic E-state index is -0.486. The Hall–Kier alpha value is -1.62. The Labute approximate surface area is 110 Å². The van der Waals surface area contributed by atoms with Gasteiger partial charge in [-0.05, 0) is 30.9 Å². The Morgan fingerprint density at radius 1 is 1.50 bits per heavy atom. The molecule has 18 heavy (non-hydrogen) atoms. The van der Waals surface area contributed by atoms with Gasteiger partial charge >= 0.3 is 0 Å². The molecule has 2 aromatic rings. The first kappa shape index (κ1) is 12.8. The molecule has 1 amide bonds. The molecule has 0 aliphatic heterocycles. The van der Waals surface area contributed by atoms with Gasteiger partial charge in [-0.3, -0.25) is 4.79 Å². The lowest BCUT2D eigenvalue weighted by Crippen LogP contribution is -2.10. The van der Waals surface area contributed by atoms with Gasteiger partial charge in [-0.25, -0.2) is 4.98 Å². The molecule has 96 valence electrons. The van der Waals surface area contributed by atoms with Crippen molar-refractivity contribution in [1.82, 2.24) is 4.98 Å². The Kier molecular flexibility index (Phi) is 3.26. The predicted molar refractivity (Wildman–Crippen MR) is 75.8 cm³/mol. The van der Waals surface area contributed by atoms with Crippen LogP contribution in [0.5, 0.6) is 0 Å². The lowest BCUT2D eigenvalue weighted by atomic mass is 10.0. The summed E-state index contributed by atoms with van der Waals surface area (Å²) in [6.45, 7) is 6.29. The molecule has 4 nitrogen and oxygen atoms in total. The number of rotatable bonds is 3. The number of hydrogen-bond donors (Lipinski definition) is 2. The molecular weight excluding hydrogens is 246 g/mol. The number of nitrogen functional groups attached to an aromatic ring is 1. The zero-order valence-electron chi connectivity index (χ0n) is 10.8. The second-order valence-corrected chi connectivity index (χ2v) is 5.92. The van der Waals surface area contributed by atoms with Crippen LogP contribution >= 0.6 is 11.3 Å². The highest BCUT2D eigenvalue weighted by molar-refractivity contribution is 7.21. The van der Waals surface area contributed by atoms with Crippen LogP contribution in [0.3, 0.4) is 0 Å². The number of nitrogens with two attached hydrogens (primary N) is 2. The van der Waals surface area contributed by atoms with Gasteiger partial charge in [0.1, 0.15) is 9.71 Å². The van der Waals surface area contributed by atoms with Crippen molar-refractivity contribution < 1.29 is 4.79 Å². The molecule has 0 aromatic carbocycles. The van der Waals surface area contributed by atoms with E-state index in [-0.39, 0.29) is 0 Å². The number of hydrogen-bond acceptors (Lipinski definition) is 4. The Bertz CT molecular complexity index is 616. The number of nitrogens with zero attached hydrogens (tertiary/aromatic N) is 1. The van der Waals surface area contributed by atoms with Gasteiger partial charge in [0.2, 0.25) is 0 Å². The summed E-state index contributed by atoms with van der Waals surface area (Å²) in [7, 11) is 0. The molecule has 2 heterocycles. The molecule has 0 saturated carbocycles. The first-order valence-corrected chi connectivity index (χ1v) is 6.70. The molecule has 0 saturated heterocycles. The van der Waals surface area contributed by atoms with Crippen molar-refractivity contribution in [2.75, 3.05) is 5.73 Å². The minimum Gasteiger partial charge on any atom is -0.397 e. The molecule has 0 unspecified atom stereocenters. The molecule has 2 aromatic heterocycles. The molecule has 2 rings (SSSR count). The van der Waals surface area contributed by atoms with Crippen LogP contribution in [0.2, 0.25) is 0 Å². The molecule has 0 spiro atoms. The third-order valence-electron chi connectivity index (χ3n) is 2.79. The molecule has 0 aliphatic carbocycles. The molecule has 0 aliphatic rings. The Balaban J connectivity index is 2.63. The smallest absolute Gasteiger partial charge is 0.260 e. The average Bonchev–Trinajstić information content (AvgIpc) is 2.55. The van der Waals surface area contributed by atoms with E-state index in [1.807, 2.05) is 13.0 Å². The maximum atomic E-state index is 11.3. The normalized spacial score (nSPS) is 11.3. The van der Waals surface area contributed by atoms with Crippen LogP contribution in [0.4, 0.5) is 5.69 Å². The molecule has 4 N–H and O–H groups in total. The van der Waals surface area contributed by atoms with Gasteiger partial charge in [0.05, 0.1) is 5.69 Å². The van der Waals surface area contributed by atoms with E-state index in [4.69, 9.17) is 11.5 Å². The first-order valence-electron chi connectivity index (χ1n) is 5.88. The number of anilines is 1. The number of fused-ring (bicyclic) bond motifs is 1. The van der Waals surface area contributed by atoms with E-state index in [2.05, 4.69) is 18.8 Å². The van der Waals surface area contributed by atoms with Crippen molar-refractivity contribution in [3.63, 3.8) is 0 Å². The number of pyridine rings is 1. The molecule has 0 bridgehead atoms. The molecule has 0 atom stereocenters. The second-order valence-electron chi connectivity index (χ2n) is 4.92. The monoisotopic (exact) mass is 263 g/mol. The highest BCUT2D eigenvalue weighted by atomic mass is 32.1. The lowest BCUT2D eigenvalue weighted by molar-refractivity contribution is 0.100. The summed E-state index contributed by atoms with van der Waals surface area (Å²) < 4.78 is 0. The topological polar surface area (TPSA) is 82.0 Å². The van der Waals surface area contributed by atoms with E-state index >= 15 is 0 Å². The number of aromatic nitrogens is 1. The first-order chi connectivity index (χ1) is 8.40. The fourth-order valence-electron chi connectivity index (χ4n) is 2.08. The van der Waals surface area contributed by atoms with E-state index < -0.39 is 5.91 Å². The maximum Gasteiger partial charge on any atom is 0.260 e. The van der Waals surface area contributed by atoms with Gasteiger partial charge in [0, 0.05) is 11.1 Å². The number of amides is 1. The largest absolute Gasteiger partial charge is 0.397 e.